The topological polar surface area (TPSA) is 85.9 Å². The molecular formula is C20H23FN2O5. The Kier molecular flexibility index (Phi) is 7.62. The lowest BCUT2D eigenvalue weighted by Crippen LogP contribution is -2.37. The molecule has 0 radical (unpaired) electrons. The summed E-state index contributed by atoms with van der Waals surface area (Å²) in [5, 5.41) is 5.24. The molecule has 150 valence electrons. The summed E-state index contributed by atoms with van der Waals surface area (Å²) in [6.45, 7) is 0.198. The Morgan fingerprint density at radius 3 is 2.07 bits per heavy atom. The Morgan fingerprint density at radius 1 is 0.929 bits per heavy atom. The van der Waals surface area contributed by atoms with Gasteiger partial charge in [0.15, 0.2) is 11.5 Å². The van der Waals surface area contributed by atoms with E-state index in [2.05, 4.69) is 10.6 Å². The maximum atomic E-state index is 12.9. The Balaban J connectivity index is 1.87. The number of nitrogens with one attached hydrogen (secondary N) is 2. The van der Waals surface area contributed by atoms with Gasteiger partial charge in [0.05, 0.1) is 27.9 Å². The molecule has 0 spiro atoms. The van der Waals surface area contributed by atoms with Crippen LogP contribution in [0.25, 0.3) is 0 Å². The first-order valence-electron chi connectivity index (χ1n) is 8.57. The molecule has 0 aliphatic carbocycles. The summed E-state index contributed by atoms with van der Waals surface area (Å²) in [6, 6.07) is 9.07. The van der Waals surface area contributed by atoms with Crippen molar-refractivity contribution >= 4 is 11.8 Å². The minimum atomic E-state index is -0.451. The quantitative estimate of drug-likeness (QED) is 0.684. The summed E-state index contributed by atoms with van der Waals surface area (Å²) in [7, 11) is 4.37. The van der Waals surface area contributed by atoms with Crippen LogP contribution in [0.5, 0.6) is 17.2 Å². The molecule has 0 aromatic heterocycles. The minimum Gasteiger partial charge on any atom is -0.493 e. The Hall–Kier alpha value is -3.29. The van der Waals surface area contributed by atoms with Gasteiger partial charge in [-0.2, -0.15) is 0 Å². The number of methoxy groups -OCH3 is 3. The van der Waals surface area contributed by atoms with Gasteiger partial charge in [-0.3, -0.25) is 9.59 Å². The van der Waals surface area contributed by atoms with E-state index >= 15 is 0 Å². The van der Waals surface area contributed by atoms with Crippen LogP contribution in [0.2, 0.25) is 0 Å². The van der Waals surface area contributed by atoms with E-state index in [9.17, 15) is 14.0 Å². The molecular weight excluding hydrogens is 367 g/mol. The molecule has 0 aliphatic heterocycles. The van der Waals surface area contributed by atoms with Crippen molar-refractivity contribution in [2.24, 2.45) is 0 Å². The van der Waals surface area contributed by atoms with Crippen LogP contribution in [0.3, 0.4) is 0 Å². The van der Waals surface area contributed by atoms with Crippen molar-refractivity contribution in [1.29, 1.82) is 0 Å². The highest BCUT2D eigenvalue weighted by molar-refractivity contribution is 5.97. The number of hydrogen-bond donors (Lipinski definition) is 2. The smallest absolute Gasteiger partial charge is 0.251 e. The van der Waals surface area contributed by atoms with Gasteiger partial charge in [-0.25, -0.2) is 4.39 Å². The lowest BCUT2D eigenvalue weighted by Gasteiger charge is -2.14. The normalized spacial score (nSPS) is 10.1. The molecule has 7 nitrogen and oxygen atoms in total. The highest BCUT2D eigenvalue weighted by atomic mass is 19.1. The fourth-order valence-corrected chi connectivity index (χ4v) is 2.53. The van der Waals surface area contributed by atoms with Crippen molar-refractivity contribution < 1.29 is 28.2 Å². The van der Waals surface area contributed by atoms with Gasteiger partial charge in [-0.15, -0.1) is 0 Å². The molecule has 0 fully saturated rings. The van der Waals surface area contributed by atoms with Gasteiger partial charge in [0, 0.05) is 12.1 Å². The SMILES string of the molecule is COc1cc(C(=O)NCC(=O)NCCc2ccc(F)cc2)cc(OC)c1OC. The Morgan fingerprint density at radius 2 is 1.54 bits per heavy atom. The number of ether oxygens (including phenoxy) is 3. The summed E-state index contributed by atoms with van der Waals surface area (Å²) in [6.07, 6.45) is 0.562. The molecule has 0 saturated carbocycles. The second-order valence-corrected chi connectivity index (χ2v) is 5.82. The van der Waals surface area contributed by atoms with Crippen LogP contribution < -0.4 is 24.8 Å². The second-order valence-electron chi connectivity index (χ2n) is 5.82. The summed E-state index contributed by atoms with van der Waals surface area (Å²) < 4.78 is 28.5. The molecule has 2 rings (SSSR count). The number of rotatable bonds is 9. The fraction of sp³-hybridized carbons (Fsp3) is 0.300. The maximum Gasteiger partial charge on any atom is 0.251 e. The van der Waals surface area contributed by atoms with Crippen molar-refractivity contribution in [2.75, 3.05) is 34.4 Å². The van der Waals surface area contributed by atoms with Crippen molar-refractivity contribution in [3.05, 3.63) is 53.3 Å². The van der Waals surface area contributed by atoms with Gasteiger partial charge < -0.3 is 24.8 Å². The summed E-state index contributed by atoms with van der Waals surface area (Å²) >= 11 is 0. The zero-order valence-electron chi connectivity index (χ0n) is 16.0. The van der Waals surface area contributed by atoms with Crippen LogP contribution in [0.1, 0.15) is 15.9 Å². The van der Waals surface area contributed by atoms with E-state index < -0.39 is 5.91 Å². The van der Waals surface area contributed by atoms with Gasteiger partial charge in [0.1, 0.15) is 5.82 Å². The standard InChI is InChI=1S/C20H23FN2O5/c1-26-16-10-14(11-17(27-2)19(16)28-3)20(25)23-12-18(24)22-9-8-13-4-6-15(21)7-5-13/h4-7,10-11H,8-9,12H2,1-3H3,(H,22,24)(H,23,25). The average Bonchev–Trinajstić information content (AvgIpc) is 2.72. The summed E-state index contributed by atoms with van der Waals surface area (Å²) in [5.74, 6) is -0.0234. The molecule has 2 aromatic rings. The van der Waals surface area contributed by atoms with Crippen molar-refractivity contribution in [3.63, 3.8) is 0 Å². The van der Waals surface area contributed by atoms with Gasteiger partial charge >= 0.3 is 0 Å². The third-order valence-electron chi connectivity index (χ3n) is 3.99. The number of benzene rings is 2. The highest BCUT2D eigenvalue weighted by Crippen LogP contribution is 2.38. The van der Waals surface area contributed by atoms with E-state index in [0.29, 0.717) is 30.2 Å². The monoisotopic (exact) mass is 390 g/mol. The van der Waals surface area contributed by atoms with Crippen molar-refractivity contribution in [1.82, 2.24) is 10.6 Å². The summed E-state index contributed by atoms with van der Waals surface area (Å²) in [4.78, 5) is 24.2. The number of halogens is 1. The predicted octanol–water partition coefficient (Wildman–Crippen LogP) is 1.94. The number of carbonyl (C=O) groups excluding carboxylic acids is 2. The lowest BCUT2D eigenvalue weighted by atomic mass is 10.1. The highest BCUT2D eigenvalue weighted by Gasteiger charge is 2.17. The predicted molar refractivity (Wildman–Crippen MR) is 102 cm³/mol. The largest absolute Gasteiger partial charge is 0.493 e. The van der Waals surface area contributed by atoms with E-state index in [0.717, 1.165) is 5.56 Å². The Bertz CT molecular complexity index is 799. The minimum absolute atomic E-state index is 0.182. The molecule has 0 aliphatic rings. The first kappa shape index (κ1) is 21.0. The molecule has 2 amide bonds. The van der Waals surface area contributed by atoms with Gasteiger partial charge in [0.25, 0.3) is 5.91 Å². The molecule has 8 heteroatoms. The zero-order valence-corrected chi connectivity index (χ0v) is 16.0. The third kappa shape index (κ3) is 5.60. The number of hydrogen-bond acceptors (Lipinski definition) is 5. The van der Waals surface area contributed by atoms with Crippen molar-refractivity contribution in [3.8, 4) is 17.2 Å². The maximum absolute atomic E-state index is 12.9. The second kappa shape index (κ2) is 10.1. The molecule has 0 atom stereocenters. The molecule has 28 heavy (non-hydrogen) atoms. The third-order valence-corrected chi connectivity index (χ3v) is 3.99. The Labute approximate surface area is 162 Å². The van der Waals surface area contributed by atoms with Gasteiger partial charge in [0.2, 0.25) is 11.7 Å². The van der Waals surface area contributed by atoms with E-state index in [1.165, 1.54) is 45.6 Å². The first-order chi connectivity index (χ1) is 13.5. The summed E-state index contributed by atoms with van der Waals surface area (Å²) in [5.41, 5.74) is 1.18. The van der Waals surface area contributed by atoms with E-state index in [1.807, 2.05) is 0 Å². The van der Waals surface area contributed by atoms with Crippen LogP contribution in [0.4, 0.5) is 4.39 Å². The average molecular weight is 390 g/mol. The number of amides is 2. The van der Waals surface area contributed by atoms with Crippen LogP contribution >= 0.6 is 0 Å². The molecule has 0 heterocycles. The molecule has 0 saturated heterocycles. The van der Waals surface area contributed by atoms with Crippen LogP contribution in [0.15, 0.2) is 36.4 Å². The molecule has 2 N–H and O–H groups in total. The zero-order chi connectivity index (χ0) is 20.5. The fourth-order valence-electron chi connectivity index (χ4n) is 2.53. The van der Waals surface area contributed by atoms with Crippen LogP contribution in [0, 0.1) is 5.82 Å². The number of carbonyl (C=O) groups is 2. The van der Waals surface area contributed by atoms with Crippen LogP contribution in [-0.4, -0.2) is 46.2 Å². The van der Waals surface area contributed by atoms with E-state index in [4.69, 9.17) is 14.2 Å². The first-order valence-corrected chi connectivity index (χ1v) is 8.57. The van der Waals surface area contributed by atoms with E-state index in [1.54, 1.807) is 12.1 Å². The molecule has 0 unspecified atom stereocenters. The van der Waals surface area contributed by atoms with Gasteiger partial charge in [-0.1, -0.05) is 12.1 Å². The van der Waals surface area contributed by atoms with Gasteiger partial charge in [-0.05, 0) is 36.2 Å². The molecule has 2 aromatic carbocycles. The van der Waals surface area contributed by atoms with E-state index in [-0.39, 0.29) is 23.8 Å². The van der Waals surface area contributed by atoms with Crippen LogP contribution in [-0.2, 0) is 11.2 Å². The molecule has 0 bridgehead atoms. The van der Waals surface area contributed by atoms with Crippen molar-refractivity contribution in [2.45, 2.75) is 6.42 Å². The lowest BCUT2D eigenvalue weighted by molar-refractivity contribution is -0.120.